The van der Waals surface area contributed by atoms with Gasteiger partial charge in [-0.3, -0.25) is 13.9 Å². The normalized spacial score (nSPS) is 12.0. The molecule has 0 aliphatic heterocycles. The van der Waals surface area contributed by atoms with Crippen molar-refractivity contribution < 1.29 is 18.0 Å². The third kappa shape index (κ3) is 6.83. The van der Waals surface area contributed by atoms with Gasteiger partial charge in [0.15, 0.2) is 0 Å². The molecule has 7 nitrogen and oxygen atoms in total. The summed E-state index contributed by atoms with van der Waals surface area (Å²) in [5, 5.41) is 3.13. The lowest BCUT2D eigenvalue weighted by Crippen LogP contribution is -2.51. The summed E-state index contributed by atoms with van der Waals surface area (Å²) in [5.41, 5.74) is 1.89. The van der Waals surface area contributed by atoms with Gasteiger partial charge in [0, 0.05) is 18.1 Å². The largest absolute Gasteiger partial charge is 0.355 e. The van der Waals surface area contributed by atoms with Gasteiger partial charge < -0.3 is 10.2 Å². The number of anilines is 1. The zero-order chi connectivity index (χ0) is 27.2. The van der Waals surface area contributed by atoms with Gasteiger partial charge in [0.25, 0.3) is 10.0 Å². The minimum absolute atomic E-state index is 0.00366. The Hall–Kier alpha value is -3.07. The van der Waals surface area contributed by atoms with Crippen molar-refractivity contribution in [2.75, 3.05) is 17.4 Å². The predicted octanol–water partition coefficient (Wildman–Crippen LogP) is 5.05. The molecule has 0 heterocycles. The Kier molecular flexibility index (Phi) is 9.59. The Bertz CT molecular complexity index is 1370. The quantitative estimate of drug-likeness (QED) is 0.375. The fourth-order valence-corrected chi connectivity index (χ4v) is 5.81. The monoisotopic (exact) mass is 561 g/mol. The zero-order valence-electron chi connectivity index (χ0n) is 20.8. The Labute approximate surface area is 228 Å². The first-order chi connectivity index (χ1) is 17.6. The van der Waals surface area contributed by atoms with Crippen molar-refractivity contribution in [3.63, 3.8) is 0 Å². The van der Waals surface area contributed by atoms with Gasteiger partial charge in [-0.1, -0.05) is 65.7 Å². The van der Waals surface area contributed by atoms with E-state index in [0.29, 0.717) is 11.6 Å². The molecule has 0 aliphatic carbocycles. The highest BCUT2D eigenvalue weighted by Gasteiger charge is 2.33. The first-order valence-electron chi connectivity index (χ1n) is 11.7. The van der Waals surface area contributed by atoms with Gasteiger partial charge in [0.2, 0.25) is 11.8 Å². The molecule has 0 fully saturated rings. The molecule has 0 spiro atoms. The van der Waals surface area contributed by atoms with Crippen LogP contribution < -0.4 is 9.62 Å². The molecule has 2 amide bonds. The molecular weight excluding hydrogens is 533 g/mol. The van der Waals surface area contributed by atoms with Crippen LogP contribution >= 0.6 is 23.2 Å². The summed E-state index contributed by atoms with van der Waals surface area (Å²) in [5.74, 6) is -0.904. The van der Waals surface area contributed by atoms with Gasteiger partial charge >= 0.3 is 0 Å². The van der Waals surface area contributed by atoms with E-state index in [-0.39, 0.29) is 28.1 Å². The van der Waals surface area contributed by atoms with E-state index in [9.17, 15) is 18.0 Å². The third-order valence-electron chi connectivity index (χ3n) is 5.91. The molecule has 196 valence electrons. The number of hydrogen-bond donors (Lipinski definition) is 1. The first-order valence-corrected chi connectivity index (χ1v) is 13.9. The Morgan fingerprint density at radius 3 is 2.24 bits per heavy atom. The van der Waals surface area contributed by atoms with E-state index >= 15 is 0 Å². The number of benzene rings is 3. The van der Waals surface area contributed by atoms with Crippen LogP contribution in [-0.4, -0.2) is 44.3 Å². The Balaban J connectivity index is 2.07. The summed E-state index contributed by atoms with van der Waals surface area (Å²) in [7, 11) is -4.20. The molecule has 0 radical (unpaired) electrons. The Morgan fingerprint density at radius 2 is 1.62 bits per heavy atom. The van der Waals surface area contributed by atoms with Crippen molar-refractivity contribution >= 4 is 50.7 Å². The minimum Gasteiger partial charge on any atom is -0.355 e. The number of carbonyl (C=O) groups is 2. The van der Waals surface area contributed by atoms with Crippen molar-refractivity contribution in [2.45, 2.75) is 38.3 Å². The summed E-state index contributed by atoms with van der Waals surface area (Å²) >= 11 is 12.5. The van der Waals surface area contributed by atoms with Gasteiger partial charge in [0.1, 0.15) is 12.6 Å². The molecule has 1 atom stereocenters. The summed E-state index contributed by atoms with van der Waals surface area (Å²) in [6, 6.07) is 18.8. The molecule has 3 rings (SSSR count). The molecule has 0 saturated heterocycles. The number of halogens is 2. The molecular formula is C27H29Cl2N3O4S. The average molecular weight is 563 g/mol. The second-order valence-corrected chi connectivity index (χ2v) is 11.1. The van der Waals surface area contributed by atoms with Crippen molar-refractivity contribution in [1.82, 2.24) is 10.2 Å². The van der Waals surface area contributed by atoms with E-state index in [0.717, 1.165) is 15.4 Å². The maximum Gasteiger partial charge on any atom is 0.264 e. The standard InChI is InChI=1S/C27H29Cl2N3O4S/c1-4-30-27(34)20(3)31(17-21-11-9-8-10-19(21)2)26(33)18-32(25-15-14-22(28)16-24(25)29)37(35,36)23-12-6-5-7-13-23/h5-16,20H,4,17-18H2,1-3H3,(H,30,34). The minimum atomic E-state index is -4.20. The summed E-state index contributed by atoms with van der Waals surface area (Å²) in [6.45, 7) is 5.26. The van der Waals surface area contributed by atoms with Crippen molar-refractivity contribution in [3.8, 4) is 0 Å². The molecule has 3 aromatic rings. The van der Waals surface area contributed by atoms with Crippen LogP contribution in [0, 0.1) is 6.92 Å². The molecule has 0 aromatic heterocycles. The number of hydrogen-bond acceptors (Lipinski definition) is 4. The van der Waals surface area contributed by atoms with E-state index in [4.69, 9.17) is 23.2 Å². The maximum atomic E-state index is 13.8. The molecule has 10 heteroatoms. The number of amides is 2. The number of aryl methyl sites for hydroxylation is 1. The van der Waals surface area contributed by atoms with Crippen molar-refractivity contribution in [1.29, 1.82) is 0 Å². The van der Waals surface area contributed by atoms with Crippen LogP contribution in [0.1, 0.15) is 25.0 Å². The maximum absolute atomic E-state index is 13.8. The summed E-state index contributed by atoms with van der Waals surface area (Å²) in [4.78, 5) is 28.0. The smallest absolute Gasteiger partial charge is 0.264 e. The Morgan fingerprint density at radius 1 is 0.973 bits per heavy atom. The molecule has 3 aromatic carbocycles. The average Bonchev–Trinajstić information content (AvgIpc) is 2.87. The molecule has 0 bridgehead atoms. The van der Waals surface area contributed by atoms with Crippen molar-refractivity contribution in [2.24, 2.45) is 0 Å². The second kappa shape index (κ2) is 12.4. The second-order valence-electron chi connectivity index (χ2n) is 8.44. The number of nitrogens with one attached hydrogen (secondary N) is 1. The van der Waals surface area contributed by atoms with Gasteiger partial charge in [-0.15, -0.1) is 0 Å². The topological polar surface area (TPSA) is 86.8 Å². The lowest BCUT2D eigenvalue weighted by Gasteiger charge is -2.32. The van der Waals surface area contributed by atoms with Crippen LogP contribution in [0.5, 0.6) is 0 Å². The predicted molar refractivity (Wildman–Crippen MR) is 147 cm³/mol. The first kappa shape index (κ1) is 28.5. The van der Waals surface area contributed by atoms with E-state index in [2.05, 4.69) is 5.32 Å². The van der Waals surface area contributed by atoms with E-state index < -0.39 is 28.5 Å². The zero-order valence-corrected chi connectivity index (χ0v) is 23.1. The molecule has 37 heavy (non-hydrogen) atoms. The lowest BCUT2D eigenvalue weighted by molar-refractivity contribution is -0.139. The molecule has 0 saturated carbocycles. The van der Waals surface area contributed by atoms with E-state index in [1.165, 1.54) is 35.2 Å². The number of carbonyl (C=O) groups excluding carboxylic acids is 2. The molecule has 0 aliphatic rings. The number of rotatable bonds is 10. The molecule has 1 unspecified atom stereocenters. The lowest BCUT2D eigenvalue weighted by atomic mass is 10.1. The van der Waals surface area contributed by atoms with Crippen LogP contribution in [0.4, 0.5) is 5.69 Å². The number of nitrogens with zero attached hydrogens (tertiary/aromatic N) is 2. The summed E-state index contributed by atoms with van der Waals surface area (Å²) < 4.78 is 28.4. The highest BCUT2D eigenvalue weighted by molar-refractivity contribution is 7.92. The SMILES string of the molecule is CCNC(=O)C(C)N(Cc1ccccc1C)C(=O)CN(c1ccc(Cl)cc1Cl)S(=O)(=O)c1ccccc1. The fraction of sp³-hybridized carbons (Fsp3) is 0.259. The number of likely N-dealkylation sites (N-methyl/N-ethyl adjacent to an activating group) is 1. The van der Waals surface area contributed by atoms with Crippen LogP contribution in [0.25, 0.3) is 0 Å². The molecule has 1 N–H and O–H groups in total. The van der Waals surface area contributed by atoms with Gasteiger partial charge in [0.05, 0.1) is 15.6 Å². The van der Waals surface area contributed by atoms with E-state index in [1.54, 1.807) is 32.0 Å². The van der Waals surface area contributed by atoms with E-state index in [1.807, 2.05) is 31.2 Å². The van der Waals surface area contributed by atoms with Crippen molar-refractivity contribution in [3.05, 3.63) is 94.0 Å². The highest BCUT2D eigenvalue weighted by atomic mass is 35.5. The number of sulfonamides is 1. The van der Waals surface area contributed by atoms with Crippen LogP contribution in [-0.2, 0) is 26.2 Å². The van der Waals surface area contributed by atoms with Gasteiger partial charge in [-0.25, -0.2) is 8.42 Å². The fourth-order valence-electron chi connectivity index (χ4n) is 3.79. The highest BCUT2D eigenvalue weighted by Crippen LogP contribution is 2.33. The van der Waals surface area contributed by atoms with Crippen LogP contribution in [0.15, 0.2) is 77.7 Å². The van der Waals surface area contributed by atoms with Gasteiger partial charge in [-0.05, 0) is 62.2 Å². The summed E-state index contributed by atoms with van der Waals surface area (Å²) in [6.07, 6.45) is 0. The van der Waals surface area contributed by atoms with Crippen LogP contribution in [0.3, 0.4) is 0 Å². The van der Waals surface area contributed by atoms with Crippen LogP contribution in [0.2, 0.25) is 10.0 Å². The third-order valence-corrected chi connectivity index (χ3v) is 8.22. The van der Waals surface area contributed by atoms with Gasteiger partial charge in [-0.2, -0.15) is 0 Å².